The lowest BCUT2D eigenvalue weighted by Crippen LogP contribution is -2.35. The van der Waals surface area contributed by atoms with E-state index in [1.807, 2.05) is 6.92 Å². The van der Waals surface area contributed by atoms with Gasteiger partial charge in [-0.25, -0.2) is 4.98 Å². The van der Waals surface area contributed by atoms with Gasteiger partial charge in [0.25, 0.3) is 0 Å². The number of alkyl halides is 3. The Balaban J connectivity index is 2.88. The minimum absolute atomic E-state index is 0.333. The highest BCUT2D eigenvalue weighted by atomic mass is 19.4. The fraction of sp³-hybridized carbons (Fsp3) is 0.545. The first-order valence-corrected chi connectivity index (χ1v) is 5.42. The van der Waals surface area contributed by atoms with Gasteiger partial charge in [0.05, 0.1) is 0 Å². The molecule has 0 aliphatic rings. The maximum absolute atomic E-state index is 12.4. The number of anilines is 2. The summed E-state index contributed by atoms with van der Waals surface area (Å²) in [6.45, 7) is 1.20. The predicted octanol–water partition coefficient (Wildman–Crippen LogP) is 2.90. The van der Waals surface area contributed by atoms with Gasteiger partial charge in [-0.3, -0.25) is 0 Å². The molecule has 1 heterocycles. The zero-order valence-electron chi connectivity index (χ0n) is 9.88. The van der Waals surface area contributed by atoms with Crippen molar-refractivity contribution in [2.75, 3.05) is 30.4 Å². The molecule has 0 amide bonds. The summed E-state index contributed by atoms with van der Waals surface area (Å²) < 4.78 is 37.2. The molecule has 17 heavy (non-hydrogen) atoms. The van der Waals surface area contributed by atoms with Crippen molar-refractivity contribution in [2.24, 2.45) is 0 Å². The minimum Gasteiger partial charge on any atom is -0.373 e. The number of pyridine rings is 1. The molecule has 1 aromatic rings. The Morgan fingerprint density at radius 2 is 2.06 bits per heavy atom. The molecule has 1 N–H and O–H groups in total. The van der Waals surface area contributed by atoms with Gasteiger partial charge in [0.15, 0.2) is 0 Å². The molecule has 0 spiro atoms. The first-order valence-electron chi connectivity index (χ1n) is 5.42. The van der Waals surface area contributed by atoms with E-state index in [1.54, 1.807) is 25.2 Å². The second kappa shape index (κ2) is 5.75. The van der Waals surface area contributed by atoms with Gasteiger partial charge in [0, 0.05) is 13.6 Å². The van der Waals surface area contributed by atoms with Crippen LogP contribution in [0, 0.1) is 0 Å². The van der Waals surface area contributed by atoms with Crippen LogP contribution in [0.15, 0.2) is 18.2 Å². The molecule has 0 fully saturated rings. The number of aromatic nitrogens is 1. The number of hydrogen-bond acceptors (Lipinski definition) is 3. The van der Waals surface area contributed by atoms with Crippen molar-refractivity contribution in [3.05, 3.63) is 18.2 Å². The summed E-state index contributed by atoms with van der Waals surface area (Å²) in [6, 6.07) is 4.98. The fourth-order valence-corrected chi connectivity index (χ4v) is 1.50. The third-order valence-corrected chi connectivity index (χ3v) is 2.18. The summed E-state index contributed by atoms with van der Waals surface area (Å²) in [6.07, 6.45) is -3.58. The van der Waals surface area contributed by atoms with Crippen LogP contribution in [0.25, 0.3) is 0 Å². The average molecular weight is 247 g/mol. The molecule has 0 radical (unpaired) electrons. The Bertz CT molecular complexity index is 352. The molecule has 6 heteroatoms. The Morgan fingerprint density at radius 1 is 1.35 bits per heavy atom. The molecule has 0 bridgehead atoms. The predicted molar refractivity (Wildman–Crippen MR) is 62.3 cm³/mol. The van der Waals surface area contributed by atoms with Crippen LogP contribution in [0.5, 0.6) is 0 Å². The summed E-state index contributed by atoms with van der Waals surface area (Å²) in [5, 5.41) is 2.81. The molecule has 1 aromatic heterocycles. The maximum Gasteiger partial charge on any atom is 0.405 e. The van der Waals surface area contributed by atoms with E-state index < -0.39 is 12.7 Å². The molecule has 0 atom stereocenters. The van der Waals surface area contributed by atoms with Gasteiger partial charge in [0.1, 0.15) is 18.2 Å². The number of nitrogens with one attached hydrogen (secondary N) is 1. The van der Waals surface area contributed by atoms with Crippen molar-refractivity contribution in [3.63, 3.8) is 0 Å². The van der Waals surface area contributed by atoms with E-state index in [-0.39, 0.29) is 0 Å². The molecule has 0 saturated heterocycles. The molecular weight excluding hydrogens is 231 g/mol. The van der Waals surface area contributed by atoms with Gasteiger partial charge in [-0.1, -0.05) is 13.0 Å². The Morgan fingerprint density at radius 3 is 2.59 bits per heavy atom. The standard InChI is InChI=1S/C11H16F3N3/c1-3-7-17(8-11(12,13)14)10-6-4-5-9(15-2)16-10/h4-6H,3,7-8H2,1-2H3,(H,15,16). The van der Waals surface area contributed by atoms with E-state index in [9.17, 15) is 13.2 Å². The molecule has 3 nitrogen and oxygen atoms in total. The highest BCUT2D eigenvalue weighted by Crippen LogP contribution is 2.21. The lowest BCUT2D eigenvalue weighted by atomic mass is 10.3. The van der Waals surface area contributed by atoms with Crippen molar-refractivity contribution in [2.45, 2.75) is 19.5 Å². The molecular formula is C11H16F3N3. The smallest absolute Gasteiger partial charge is 0.373 e. The van der Waals surface area contributed by atoms with E-state index in [0.29, 0.717) is 24.6 Å². The third kappa shape index (κ3) is 4.50. The van der Waals surface area contributed by atoms with Crippen molar-refractivity contribution in [1.82, 2.24) is 4.98 Å². The van der Waals surface area contributed by atoms with Gasteiger partial charge in [-0.05, 0) is 18.6 Å². The summed E-state index contributed by atoms with van der Waals surface area (Å²) in [4.78, 5) is 5.35. The zero-order valence-corrected chi connectivity index (χ0v) is 9.88. The van der Waals surface area contributed by atoms with Gasteiger partial charge in [0.2, 0.25) is 0 Å². The molecule has 0 aromatic carbocycles. The maximum atomic E-state index is 12.4. The zero-order chi connectivity index (χ0) is 12.9. The van der Waals surface area contributed by atoms with E-state index >= 15 is 0 Å². The van der Waals surface area contributed by atoms with Crippen LogP contribution in [-0.2, 0) is 0 Å². The topological polar surface area (TPSA) is 28.2 Å². The Hall–Kier alpha value is -1.46. The van der Waals surface area contributed by atoms with Crippen LogP contribution >= 0.6 is 0 Å². The van der Waals surface area contributed by atoms with E-state index in [4.69, 9.17) is 0 Å². The summed E-state index contributed by atoms with van der Waals surface area (Å²) in [7, 11) is 1.68. The fourth-order valence-electron chi connectivity index (χ4n) is 1.50. The summed E-state index contributed by atoms with van der Waals surface area (Å²) in [5.74, 6) is 0.904. The van der Waals surface area contributed by atoms with Crippen LogP contribution in [0.3, 0.4) is 0 Å². The van der Waals surface area contributed by atoms with Crippen molar-refractivity contribution in [3.8, 4) is 0 Å². The van der Waals surface area contributed by atoms with Gasteiger partial charge < -0.3 is 10.2 Å². The van der Waals surface area contributed by atoms with E-state index in [1.165, 1.54) is 4.90 Å². The van der Waals surface area contributed by atoms with Crippen LogP contribution < -0.4 is 10.2 Å². The van der Waals surface area contributed by atoms with E-state index in [2.05, 4.69) is 10.3 Å². The first-order chi connectivity index (χ1) is 7.96. The average Bonchev–Trinajstić information content (AvgIpc) is 2.27. The SMILES string of the molecule is CCCN(CC(F)(F)F)c1cccc(NC)n1. The highest BCUT2D eigenvalue weighted by molar-refractivity contribution is 5.46. The van der Waals surface area contributed by atoms with Crippen LogP contribution in [0.2, 0.25) is 0 Å². The lowest BCUT2D eigenvalue weighted by molar-refractivity contribution is -0.119. The van der Waals surface area contributed by atoms with Crippen molar-refractivity contribution in [1.29, 1.82) is 0 Å². The first kappa shape index (κ1) is 13.6. The van der Waals surface area contributed by atoms with Gasteiger partial charge in [-0.2, -0.15) is 13.2 Å². The lowest BCUT2D eigenvalue weighted by Gasteiger charge is -2.24. The quantitative estimate of drug-likeness (QED) is 0.867. The van der Waals surface area contributed by atoms with Gasteiger partial charge in [-0.15, -0.1) is 0 Å². The van der Waals surface area contributed by atoms with Crippen LogP contribution in [0.1, 0.15) is 13.3 Å². The Labute approximate surface area is 98.6 Å². The molecule has 0 saturated carbocycles. The second-order valence-corrected chi connectivity index (χ2v) is 3.67. The minimum atomic E-state index is -4.22. The van der Waals surface area contributed by atoms with Crippen LogP contribution in [0.4, 0.5) is 24.8 Å². The highest BCUT2D eigenvalue weighted by Gasteiger charge is 2.31. The van der Waals surface area contributed by atoms with E-state index in [0.717, 1.165) is 0 Å². The molecule has 0 aliphatic carbocycles. The van der Waals surface area contributed by atoms with Crippen molar-refractivity contribution >= 4 is 11.6 Å². The largest absolute Gasteiger partial charge is 0.405 e. The molecule has 0 aliphatic heterocycles. The number of hydrogen-bond donors (Lipinski definition) is 1. The monoisotopic (exact) mass is 247 g/mol. The Kier molecular flexibility index (Phi) is 4.60. The normalized spacial score (nSPS) is 11.4. The van der Waals surface area contributed by atoms with Crippen LogP contribution in [-0.4, -0.2) is 31.3 Å². The third-order valence-electron chi connectivity index (χ3n) is 2.18. The molecule has 1 rings (SSSR count). The summed E-state index contributed by atoms with van der Waals surface area (Å²) >= 11 is 0. The number of rotatable bonds is 5. The molecule has 96 valence electrons. The van der Waals surface area contributed by atoms with Gasteiger partial charge >= 0.3 is 6.18 Å². The summed E-state index contributed by atoms with van der Waals surface area (Å²) in [5.41, 5.74) is 0. The van der Waals surface area contributed by atoms with Crippen molar-refractivity contribution < 1.29 is 13.2 Å². The number of halogens is 3. The number of nitrogens with zero attached hydrogens (tertiary/aromatic N) is 2. The second-order valence-electron chi connectivity index (χ2n) is 3.67. The molecule has 0 unspecified atom stereocenters.